The van der Waals surface area contributed by atoms with E-state index in [1.54, 1.807) is 58.5 Å². The number of nitrogens with zero attached hydrogens (tertiary/aromatic N) is 4. The first-order valence-corrected chi connectivity index (χ1v) is 28.5. The van der Waals surface area contributed by atoms with Gasteiger partial charge in [0.2, 0.25) is 0 Å². The summed E-state index contributed by atoms with van der Waals surface area (Å²) < 4.78 is 41.6. The number of carbonyl (C=O) groups excluding carboxylic acids is 1. The fraction of sp³-hybridized carbons (Fsp3) is 0.308. The highest BCUT2D eigenvalue weighted by atomic mass is 32.2. The van der Waals surface area contributed by atoms with E-state index < -0.39 is 75.1 Å². The number of hydrogen-bond donors (Lipinski definition) is 2. The van der Waals surface area contributed by atoms with Crippen LogP contribution < -0.4 is 37.3 Å². The summed E-state index contributed by atoms with van der Waals surface area (Å²) in [5.74, 6) is 0.227. The number of thioether (sulfide) groups is 1. The zero-order valence-electron chi connectivity index (χ0n) is 46.7. The highest BCUT2D eigenvalue weighted by Gasteiger charge is 2.52. The van der Waals surface area contributed by atoms with Crippen LogP contribution in [0.4, 0.5) is 0 Å². The van der Waals surface area contributed by atoms with Crippen molar-refractivity contribution in [3.8, 4) is 11.5 Å². The van der Waals surface area contributed by atoms with Crippen molar-refractivity contribution in [1.29, 1.82) is 0 Å². The maximum absolute atomic E-state index is 14.7. The van der Waals surface area contributed by atoms with Crippen LogP contribution in [0.1, 0.15) is 80.2 Å². The molecule has 2 N–H and O–H groups in total. The van der Waals surface area contributed by atoms with Gasteiger partial charge in [0, 0.05) is 29.9 Å². The van der Waals surface area contributed by atoms with Crippen LogP contribution in [0.25, 0.3) is 0 Å². The van der Waals surface area contributed by atoms with Crippen LogP contribution in [-0.4, -0.2) is 73.8 Å². The van der Waals surface area contributed by atoms with Gasteiger partial charge in [-0.25, -0.2) is 23.5 Å². The largest absolute Gasteiger partial charge is 0.497 e. The van der Waals surface area contributed by atoms with Crippen molar-refractivity contribution in [2.75, 3.05) is 20.8 Å². The van der Waals surface area contributed by atoms with E-state index in [1.807, 2.05) is 146 Å². The zero-order chi connectivity index (χ0) is 58.0. The van der Waals surface area contributed by atoms with Crippen molar-refractivity contribution in [2.24, 2.45) is 5.92 Å². The van der Waals surface area contributed by atoms with E-state index in [4.69, 9.17) is 28.4 Å². The van der Waals surface area contributed by atoms with Gasteiger partial charge in [-0.3, -0.25) is 18.7 Å². The van der Waals surface area contributed by atoms with Gasteiger partial charge in [0.15, 0.2) is 0 Å². The number of hydrogen-bond acceptors (Lipinski definition) is 14. The van der Waals surface area contributed by atoms with E-state index in [-0.39, 0.29) is 39.5 Å². The number of rotatable bonds is 23. The average molecular weight is 1140 g/mol. The maximum atomic E-state index is 14.7. The van der Waals surface area contributed by atoms with Gasteiger partial charge >= 0.3 is 17.3 Å². The van der Waals surface area contributed by atoms with Gasteiger partial charge in [0.1, 0.15) is 37.3 Å². The smallest absolute Gasteiger partial charge is 0.338 e. The lowest BCUT2D eigenvalue weighted by Crippen LogP contribution is -2.51. The summed E-state index contributed by atoms with van der Waals surface area (Å²) >= 11 is 1.40. The van der Waals surface area contributed by atoms with E-state index in [2.05, 4.69) is 5.32 Å². The Morgan fingerprint density at radius 3 is 1.63 bits per heavy atom. The molecule has 2 aliphatic heterocycles. The molecule has 4 heterocycles. The molecule has 2 fully saturated rings. The molecule has 430 valence electrons. The number of aromatic nitrogens is 4. The summed E-state index contributed by atoms with van der Waals surface area (Å²) in [5, 5.41) is 16.3. The number of carbonyl (C=O) groups is 1. The Morgan fingerprint density at radius 2 is 1.11 bits per heavy atom. The molecule has 18 heteroatoms. The minimum absolute atomic E-state index is 0.168. The monoisotopic (exact) mass is 1140 g/mol. The third-order valence-electron chi connectivity index (χ3n) is 15.6. The highest BCUT2D eigenvalue weighted by Crippen LogP contribution is 2.49. The molecule has 0 bridgehead atoms. The standard InChI is InChI=1S/C65H67N5O12S/c1-43-37-67(63(75)69(60(43)72)41-79-39-45-17-9-5-10-18-45)55-35-48(57(82-55)58(71)65(49-23-15-8-16-24-49,50-25-29-52(77-3)30-26-50)51-27-31-53(78-4)32-28-51)33-34-66-59-54(81-62(74)47-21-13-7-14-22-47)36-56(83-59)68-38-44(2)61(73)70(64(68)76)42-80-40-46-19-11-6-12-20-46/h5-32,37-38,48,54-59,66,71H,33-36,39-42H2,1-4H3/t48-,54?,55+,56?,57-,58?,59?/m0/s1. The molecule has 8 aromatic rings. The Kier molecular flexibility index (Phi) is 18.5. The quantitative estimate of drug-likeness (QED) is 0.0458. The molecule has 2 saturated heterocycles. The SMILES string of the molecule is COc1ccc(C(c2ccccc2)(c2ccc(OC)cc2)C(O)[C@H]2O[C@@H](n3cc(C)c(=O)n(COCc4ccccc4)c3=O)C[C@@H]2CCNC2SC(n3cc(C)c(=O)n(COCc4ccccc4)c3=O)CC2OC(=O)c2ccccc2)cc1. The molecule has 6 aromatic carbocycles. The highest BCUT2D eigenvalue weighted by molar-refractivity contribution is 8.00. The molecule has 83 heavy (non-hydrogen) atoms. The molecule has 0 aliphatic carbocycles. The van der Waals surface area contributed by atoms with Gasteiger partial charge in [0.25, 0.3) is 11.1 Å². The number of benzene rings is 6. The molecule has 7 atom stereocenters. The van der Waals surface area contributed by atoms with Gasteiger partial charge in [-0.2, -0.15) is 0 Å². The lowest BCUT2D eigenvalue weighted by Gasteiger charge is -2.43. The van der Waals surface area contributed by atoms with Crippen LogP contribution in [0, 0.1) is 19.8 Å². The number of aryl methyl sites for hydroxylation is 2. The van der Waals surface area contributed by atoms with Crippen LogP contribution >= 0.6 is 11.8 Å². The van der Waals surface area contributed by atoms with Crippen molar-refractivity contribution in [3.05, 3.63) is 268 Å². The van der Waals surface area contributed by atoms with Gasteiger partial charge in [-0.15, -0.1) is 11.8 Å². The summed E-state index contributed by atoms with van der Waals surface area (Å²) in [6.45, 7) is 3.36. The number of ether oxygens (including phenoxy) is 6. The number of aliphatic hydroxyl groups is 1. The zero-order valence-corrected chi connectivity index (χ0v) is 47.5. The van der Waals surface area contributed by atoms with Crippen molar-refractivity contribution in [1.82, 2.24) is 23.6 Å². The second kappa shape index (κ2) is 26.4. The second-order valence-electron chi connectivity index (χ2n) is 20.8. The third kappa shape index (κ3) is 12.6. The number of methoxy groups -OCH3 is 2. The summed E-state index contributed by atoms with van der Waals surface area (Å²) in [5.41, 5.74) is 1.50. The Morgan fingerprint density at radius 1 is 0.639 bits per heavy atom. The summed E-state index contributed by atoms with van der Waals surface area (Å²) in [6, 6.07) is 52.4. The molecule has 4 unspecified atom stereocenters. The summed E-state index contributed by atoms with van der Waals surface area (Å²) in [6.07, 6.45) is -0.160. The molecule has 10 rings (SSSR count). The molecule has 0 spiro atoms. The lowest BCUT2D eigenvalue weighted by atomic mass is 9.63. The number of aliphatic hydroxyl groups excluding tert-OH is 1. The van der Waals surface area contributed by atoms with Crippen LogP contribution in [0.3, 0.4) is 0 Å². The lowest BCUT2D eigenvalue weighted by molar-refractivity contribution is -0.0866. The molecular weight excluding hydrogens is 1070 g/mol. The fourth-order valence-corrected chi connectivity index (χ4v) is 12.8. The normalized spacial score (nSPS) is 19.1. The van der Waals surface area contributed by atoms with E-state index in [9.17, 15) is 29.1 Å². The predicted octanol–water partition coefficient (Wildman–Crippen LogP) is 8.48. The van der Waals surface area contributed by atoms with E-state index in [1.165, 1.54) is 27.1 Å². The minimum Gasteiger partial charge on any atom is -0.497 e. The molecule has 2 aromatic heterocycles. The van der Waals surface area contributed by atoms with Gasteiger partial charge in [-0.05, 0) is 103 Å². The molecule has 2 aliphatic rings. The Labute approximate surface area is 484 Å². The molecule has 0 amide bonds. The van der Waals surface area contributed by atoms with Crippen molar-refractivity contribution in [3.63, 3.8) is 0 Å². The first-order chi connectivity index (χ1) is 40.4. The predicted molar refractivity (Wildman–Crippen MR) is 315 cm³/mol. The third-order valence-corrected chi connectivity index (χ3v) is 17.1. The van der Waals surface area contributed by atoms with Crippen LogP contribution in [0.15, 0.2) is 201 Å². The molecule has 0 saturated carbocycles. The van der Waals surface area contributed by atoms with E-state index in [0.717, 1.165) is 37.0 Å². The summed E-state index contributed by atoms with van der Waals surface area (Å²) in [4.78, 5) is 70.1. The van der Waals surface area contributed by atoms with Gasteiger partial charge in [-0.1, -0.05) is 133 Å². The van der Waals surface area contributed by atoms with Crippen molar-refractivity contribution >= 4 is 17.7 Å². The molecule has 0 radical (unpaired) electrons. The molecular formula is C65H67N5O12S. The van der Waals surface area contributed by atoms with Crippen LogP contribution in [0.2, 0.25) is 0 Å². The Hall–Kier alpha value is -8.10. The van der Waals surface area contributed by atoms with Gasteiger partial charge in [0.05, 0.1) is 61.4 Å². The van der Waals surface area contributed by atoms with Crippen molar-refractivity contribution < 1.29 is 38.3 Å². The summed E-state index contributed by atoms with van der Waals surface area (Å²) in [7, 11) is 3.19. The first-order valence-electron chi connectivity index (χ1n) is 27.6. The second-order valence-corrected chi connectivity index (χ2v) is 22.1. The van der Waals surface area contributed by atoms with E-state index in [0.29, 0.717) is 41.2 Å². The number of nitrogens with one attached hydrogen (secondary N) is 1. The van der Waals surface area contributed by atoms with Gasteiger partial charge < -0.3 is 38.8 Å². The topological polar surface area (TPSA) is 193 Å². The van der Waals surface area contributed by atoms with Crippen molar-refractivity contribution in [2.45, 2.75) is 100 Å². The Bertz CT molecular complexity index is 3660. The van der Waals surface area contributed by atoms with E-state index >= 15 is 0 Å². The van der Waals surface area contributed by atoms with Crippen LogP contribution in [-0.2, 0) is 51.0 Å². The average Bonchev–Trinajstić information content (AvgIpc) is 2.52. The first kappa shape index (κ1) is 58.1. The fourth-order valence-electron chi connectivity index (χ4n) is 11.3. The minimum atomic E-state index is -1.34. The van der Waals surface area contributed by atoms with Crippen LogP contribution in [0.5, 0.6) is 11.5 Å². The Balaban J connectivity index is 1.000. The number of esters is 1. The maximum Gasteiger partial charge on any atom is 0.338 e. The molecule has 17 nitrogen and oxygen atoms in total.